The summed E-state index contributed by atoms with van der Waals surface area (Å²) in [6.45, 7) is 2.06. The van der Waals surface area contributed by atoms with Crippen LogP contribution in [0.2, 0.25) is 0 Å². The van der Waals surface area contributed by atoms with E-state index in [0.29, 0.717) is 12.0 Å². The maximum atomic E-state index is 14.1. The third-order valence-electron chi connectivity index (χ3n) is 4.50. The Morgan fingerprint density at radius 1 is 1.29 bits per heavy atom. The second-order valence-electron chi connectivity index (χ2n) is 5.85. The normalized spacial score (nSPS) is 24.9. The third-order valence-corrected chi connectivity index (χ3v) is 4.50. The number of alkyl halides is 3. The average Bonchev–Trinajstić information content (AvgIpc) is 2.45. The largest absolute Gasteiger partial charge is 0.419 e. The van der Waals surface area contributed by atoms with E-state index in [1.54, 1.807) is 0 Å². The van der Waals surface area contributed by atoms with Crippen LogP contribution in [0, 0.1) is 17.7 Å². The van der Waals surface area contributed by atoms with Gasteiger partial charge in [-0.05, 0) is 30.7 Å². The van der Waals surface area contributed by atoms with Gasteiger partial charge in [-0.15, -0.1) is 0 Å². The van der Waals surface area contributed by atoms with E-state index in [2.05, 4.69) is 6.92 Å². The molecule has 0 spiro atoms. The Morgan fingerprint density at radius 3 is 2.62 bits per heavy atom. The Kier molecular flexibility index (Phi) is 4.91. The molecule has 1 aromatic rings. The first-order valence-electron chi connectivity index (χ1n) is 7.38. The molecule has 1 saturated carbocycles. The van der Waals surface area contributed by atoms with Crippen molar-refractivity contribution in [2.45, 2.75) is 51.3 Å². The molecular formula is C16H20F4O. The topological polar surface area (TPSA) is 20.2 Å². The zero-order valence-corrected chi connectivity index (χ0v) is 12.0. The molecule has 0 aliphatic heterocycles. The summed E-state index contributed by atoms with van der Waals surface area (Å²) in [5, 5.41) is 10.3. The molecule has 21 heavy (non-hydrogen) atoms. The van der Waals surface area contributed by atoms with Gasteiger partial charge in [0.1, 0.15) is 5.82 Å². The molecular weight excluding hydrogens is 284 g/mol. The van der Waals surface area contributed by atoms with E-state index >= 15 is 0 Å². The van der Waals surface area contributed by atoms with Crippen LogP contribution in [0.25, 0.3) is 0 Å². The average molecular weight is 304 g/mol. The van der Waals surface area contributed by atoms with Crippen LogP contribution in [0.1, 0.15) is 56.3 Å². The molecule has 0 heterocycles. The van der Waals surface area contributed by atoms with Crippen molar-refractivity contribution < 1.29 is 22.7 Å². The summed E-state index contributed by atoms with van der Waals surface area (Å²) in [7, 11) is 0. The molecule has 2 rings (SSSR count). The first kappa shape index (κ1) is 16.3. The SMILES string of the molecule is CCC1CCCC(C(O)c2cccc(C(F)(F)F)c2F)C1. The van der Waals surface area contributed by atoms with Gasteiger partial charge < -0.3 is 5.11 Å². The number of rotatable bonds is 3. The van der Waals surface area contributed by atoms with Crippen molar-refractivity contribution in [2.24, 2.45) is 11.8 Å². The van der Waals surface area contributed by atoms with Crippen molar-refractivity contribution in [2.75, 3.05) is 0 Å². The highest BCUT2D eigenvalue weighted by Gasteiger charge is 2.37. The minimum Gasteiger partial charge on any atom is -0.388 e. The monoisotopic (exact) mass is 304 g/mol. The van der Waals surface area contributed by atoms with E-state index in [9.17, 15) is 22.7 Å². The van der Waals surface area contributed by atoms with Gasteiger partial charge in [0.05, 0.1) is 11.7 Å². The van der Waals surface area contributed by atoms with Gasteiger partial charge in [-0.3, -0.25) is 0 Å². The molecule has 0 radical (unpaired) electrons. The van der Waals surface area contributed by atoms with E-state index in [-0.39, 0.29) is 11.5 Å². The molecule has 0 saturated heterocycles. The smallest absolute Gasteiger partial charge is 0.388 e. The fraction of sp³-hybridized carbons (Fsp3) is 0.625. The lowest BCUT2D eigenvalue weighted by molar-refractivity contribution is -0.140. The second kappa shape index (κ2) is 6.34. The minimum absolute atomic E-state index is 0.165. The lowest BCUT2D eigenvalue weighted by atomic mass is 9.76. The Morgan fingerprint density at radius 2 is 2.00 bits per heavy atom. The molecule has 1 N–H and O–H groups in total. The van der Waals surface area contributed by atoms with Crippen LogP contribution in [0.15, 0.2) is 18.2 Å². The number of hydrogen-bond donors (Lipinski definition) is 1. The van der Waals surface area contributed by atoms with Gasteiger partial charge in [0.15, 0.2) is 0 Å². The molecule has 3 unspecified atom stereocenters. The molecule has 1 aromatic carbocycles. The summed E-state index contributed by atoms with van der Waals surface area (Å²) in [4.78, 5) is 0. The van der Waals surface area contributed by atoms with E-state index in [1.807, 2.05) is 0 Å². The predicted octanol–water partition coefficient (Wildman–Crippen LogP) is 5.09. The van der Waals surface area contributed by atoms with Crippen molar-refractivity contribution in [3.63, 3.8) is 0 Å². The minimum atomic E-state index is -4.74. The number of halogens is 4. The van der Waals surface area contributed by atoms with Crippen molar-refractivity contribution >= 4 is 0 Å². The van der Waals surface area contributed by atoms with Crippen LogP contribution in [-0.2, 0) is 6.18 Å². The number of aliphatic hydroxyl groups is 1. The molecule has 0 bridgehead atoms. The lowest BCUT2D eigenvalue weighted by Crippen LogP contribution is -2.23. The zero-order chi connectivity index (χ0) is 15.6. The fourth-order valence-corrected chi connectivity index (χ4v) is 3.24. The van der Waals surface area contributed by atoms with Crippen LogP contribution in [0.4, 0.5) is 17.6 Å². The second-order valence-corrected chi connectivity index (χ2v) is 5.85. The van der Waals surface area contributed by atoms with Gasteiger partial charge in [-0.2, -0.15) is 13.2 Å². The molecule has 1 fully saturated rings. The van der Waals surface area contributed by atoms with Crippen LogP contribution >= 0.6 is 0 Å². The molecule has 0 aromatic heterocycles. The van der Waals surface area contributed by atoms with E-state index in [4.69, 9.17) is 0 Å². The lowest BCUT2D eigenvalue weighted by Gasteiger charge is -2.32. The molecule has 5 heteroatoms. The van der Waals surface area contributed by atoms with Gasteiger partial charge in [-0.25, -0.2) is 4.39 Å². The van der Waals surface area contributed by atoms with Crippen LogP contribution in [-0.4, -0.2) is 5.11 Å². The third kappa shape index (κ3) is 3.57. The molecule has 1 aliphatic carbocycles. The van der Waals surface area contributed by atoms with E-state index in [0.717, 1.165) is 38.2 Å². The summed E-state index contributed by atoms with van der Waals surface area (Å²) in [5.41, 5.74) is -1.53. The number of benzene rings is 1. The van der Waals surface area contributed by atoms with Gasteiger partial charge in [0, 0.05) is 5.56 Å². The van der Waals surface area contributed by atoms with Crippen molar-refractivity contribution in [1.29, 1.82) is 0 Å². The highest BCUT2D eigenvalue weighted by Crippen LogP contribution is 2.41. The molecule has 0 amide bonds. The predicted molar refractivity (Wildman–Crippen MR) is 72.1 cm³/mol. The fourth-order valence-electron chi connectivity index (χ4n) is 3.24. The Hall–Kier alpha value is -1.10. The van der Waals surface area contributed by atoms with E-state index < -0.39 is 23.7 Å². The maximum Gasteiger partial charge on any atom is 0.419 e. The van der Waals surface area contributed by atoms with Crippen molar-refractivity contribution in [3.8, 4) is 0 Å². The summed E-state index contributed by atoms with van der Waals surface area (Å²) in [5.74, 6) is -1.04. The maximum absolute atomic E-state index is 14.1. The first-order chi connectivity index (χ1) is 9.84. The highest BCUT2D eigenvalue weighted by molar-refractivity contribution is 5.30. The highest BCUT2D eigenvalue weighted by atomic mass is 19.4. The summed E-state index contributed by atoms with van der Waals surface area (Å²) in [6, 6.07) is 3.12. The summed E-state index contributed by atoms with van der Waals surface area (Å²) in [6.07, 6.45) is -1.44. The van der Waals surface area contributed by atoms with Gasteiger partial charge in [-0.1, -0.05) is 38.3 Å². The first-order valence-corrected chi connectivity index (χ1v) is 7.38. The molecule has 118 valence electrons. The molecule has 1 nitrogen and oxygen atoms in total. The van der Waals surface area contributed by atoms with E-state index in [1.165, 1.54) is 6.07 Å². The van der Waals surface area contributed by atoms with Gasteiger partial charge >= 0.3 is 6.18 Å². The standard InChI is InChI=1S/C16H20F4O/c1-2-10-5-3-6-11(9-10)15(21)12-7-4-8-13(14(12)17)16(18,19)20/h4,7-8,10-11,15,21H,2-3,5-6,9H2,1H3. The number of hydrogen-bond acceptors (Lipinski definition) is 1. The Balaban J connectivity index is 2.25. The quantitative estimate of drug-likeness (QED) is 0.771. The molecule has 1 aliphatic rings. The zero-order valence-electron chi connectivity index (χ0n) is 12.0. The van der Waals surface area contributed by atoms with Gasteiger partial charge in [0.2, 0.25) is 0 Å². The molecule has 3 atom stereocenters. The van der Waals surface area contributed by atoms with Crippen molar-refractivity contribution in [1.82, 2.24) is 0 Å². The summed E-state index contributed by atoms with van der Waals surface area (Å²) < 4.78 is 52.3. The van der Waals surface area contributed by atoms with Crippen LogP contribution in [0.5, 0.6) is 0 Å². The van der Waals surface area contributed by atoms with Crippen LogP contribution in [0.3, 0.4) is 0 Å². The van der Waals surface area contributed by atoms with Crippen LogP contribution < -0.4 is 0 Å². The summed E-state index contributed by atoms with van der Waals surface area (Å²) >= 11 is 0. The Labute approximate surface area is 122 Å². The Bertz CT molecular complexity index is 484. The van der Waals surface area contributed by atoms with Gasteiger partial charge in [0.25, 0.3) is 0 Å². The van der Waals surface area contributed by atoms with Crippen molar-refractivity contribution in [3.05, 3.63) is 35.1 Å². The number of aliphatic hydroxyl groups excluding tert-OH is 1.